The maximum Gasteiger partial charge on any atom is 0.206 e. The Labute approximate surface area is 139 Å². The molecule has 0 fully saturated rings. The third-order valence-corrected chi connectivity index (χ3v) is 3.52. The molecule has 0 saturated carbocycles. The minimum atomic E-state index is -0.730. The highest BCUT2D eigenvalue weighted by Gasteiger charge is 2.11. The van der Waals surface area contributed by atoms with Gasteiger partial charge in [-0.2, -0.15) is 4.80 Å². The molecule has 3 aromatic rings. The summed E-state index contributed by atoms with van der Waals surface area (Å²) in [5.41, 5.74) is 2.03. The third-order valence-electron chi connectivity index (χ3n) is 3.52. The number of hydrogen-bond acceptors (Lipinski definition) is 6. The number of aliphatic hydroxyl groups excluding tert-OH is 1. The lowest BCUT2D eigenvalue weighted by molar-refractivity contribution is 0.0850. The number of aryl methyl sites for hydroxylation is 1. The number of tetrazole rings is 1. The largest absolute Gasteiger partial charge is 0.491 e. The first-order valence-electron chi connectivity index (χ1n) is 7.82. The number of aliphatic hydroxyl groups is 1. The molecular weight excluding hydrogens is 306 g/mol. The number of pyridine rings is 1. The topological polar surface area (TPSA) is 86.0 Å². The van der Waals surface area contributed by atoms with Crippen molar-refractivity contribution in [3.8, 4) is 17.1 Å². The van der Waals surface area contributed by atoms with Crippen molar-refractivity contribution >= 4 is 0 Å². The summed E-state index contributed by atoms with van der Waals surface area (Å²) in [6.07, 6.45) is 3.61. The molecule has 0 aliphatic rings. The second-order valence-electron chi connectivity index (χ2n) is 5.37. The van der Waals surface area contributed by atoms with Crippen LogP contribution in [0.2, 0.25) is 0 Å². The van der Waals surface area contributed by atoms with Crippen LogP contribution in [0.15, 0.2) is 48.8 Å². The van der Waals surface area contributed by atoms with E-state index in [-0.39, 0.29) is 13.2 Å². The van der Waals surface area contributed by atoms with Gasteiger partial charge < -0.3 is 9.84 Å². The molecule has 1 N–H and O–H groups in total. The Morgan fingerprint density at radius 2 is 2.04 bits per heavy atom. The summed E-state index contributed by atoms with van der Waals surface area (Å²) < 4.78 is 5.58. The van der Waals surface area contributed by atoms with Crippen molar-refractivity contribution < 1.29 is 9.84 Å². The quantitative estimate of drug-likeness (QED) is 0.712. The van der Waals surface area contributed by atoms with Crippen LogP contribution in [0.4, 0.5) is 0 Å². The molecule has 2 heterocycles. The summed E-state index contributed by atoms with van der Waals surface area (Å²) in [7, 11) is 0. The fraction of sp³-hybridized carbons (Fsp3) is 0.294. The molecule has 0 amide bonds. The molecule has 0 saturated heterocycles. The van der Waals surface area contributed by atoms with E-state index in [1.54, 1.807) is 12.4 Å². The molecule has 1 aromatic carbocycles. The normalized spacial score (nSPS) is 12.1. The van der Waals surface area contributed by atoms with Crippen LogP contribution < -0.4 is 4.74 Å². The first-order valence-corrected chi connectivity index (χ1v) is 7.82. The molecule has 0 aliphatic heterocycles. The van der Waals surface area contributed by atoms with Crippen LogP contribution in [0.5, 0.6) is 5.75 Å². The summed E-state index contributed by atoms with van der Waals surface area (Å²) in [5, 5.41) is 22.2. The predicted molar refractivity (Wildman–Crippen MR) is 88.4 cm³/mol. The van der Waals surface area contributed by atoms with Crippen LogP contribution in [0.1, 0.15) is 12.5 Å². The molecule has 2 aromatic heterocycles. The van der Waals surface area contributed by atoms with Gasteiger partial charge in [0.05, 0.1) is 6.54 Å². The first-order chi connectivity index (χ1) is 11.7. The van der Waals surface area contributed by atoms with Gasteiger partial charge in [0.1, 0.15) is 18.5 Å². The van der Waals surface area contributed by atoms with E-state index in [9.17, 15) is 5.11 Å². The molecule has 0 unspecified atom stereocenters. The van der Waals surface area contributed by atoms with E-state index >= 15 is 0 Å². The second kappa shape index (κ2) is 7.65. The standard InChI is InChI=1S/C17H19N5O2/c1-2-13-5-7-16(8-6-13)24-12-15(23)11-22-20-17(19-21-22)14-4-3-9-18-10-14/h3-10,15,23H,2,11-12H2,1H3/t15-/m1/s1. The van der Waals surface area contributed by atoms with Gasteiger partial charge in [-0.3, -0.25) is 4.98 Å². The third kappa shape index (κ3) is 4.14. The van der Waals surface area contributed by atoms with Crippen molar-refractivity contribution in [2.45, 2.75) is 26.0 Å². The van der Waals surface area contributed by atoms with Crippen molar-refractivity contribution in [2.75, 3.05) is 6.61 Å². The van der Waals surface area contributed by atoms with Crippen molar-refractivity contribution in [3.05, 3.63) is 54.4 Å². The molecule has 0 bridgehead atoms. The van der Waals surface area contributed by atoms with E-state index < -0.39 is 6.10 Å². The summed E-state index contributed by atoms with van der Waals surface area (Å²) in [6, 6.07) is 11.5. The van der Waals surface area contributed by atoms with Crippen LogP contribution in [0.25, 0.3) is 11.4 Å². The van der Waals surface area contributed by atoms with Gasteiger partial charge in [-0.05, 0) is 41.5 Å². The van der Waals surface area contributed by atoms with Crippen LogP contribution >= 0.6 is 0 Å². The lowest BCUT2D eigenvalue weighted by Crippen LogP contribution is -2.25. The zero-order valence-corrected chi connectivity index (χ0v) is 13.4. The minimum absolute atomic E-state index is 0.162. The molecule has 124 valence electrons. The summed E-state index contributed by atoms with van der Waals surface area (Å²) in [5.74, 6) is 1.21. The van der Waals surface area contributed by atoms with Gasteiger partial charge in [-0.25, -0.2) is 0 Å². The maximum atomic E-state index is 10.1. The molecule has 0 aliphatic carbocycles. The highest BCUT2D eigenvalue weighted by atomic mass is 16.5. The van der Waals surface area contributed by atoms with Crippen molar-refractivity contribution in [1.82, 2.24) is 25.2 Å². The molecule has 7 heteroatoms. The summed E-state index contributed by atoms with van der Waals surface area (Å²) >= 11 is 0. The Bertz CT molecular complexity index is 758. The van der Waals surface area contributed by atoms with Crippen molar-refractivity contribution in [1.29, 1.82) is 0 Å². The number of ether oxygens (including phenoxy) is 1. The van der Waals surface area contributed by atoms with Gasteiger partial charge >= 0.3 is 0 Å². The fourth-order valence-corrected chi connectivity index (χ4v) is 2.19. The smallest absolute Gasteiger partial charge is 0.206 e. The predicted octanol–water partition coefficient (Wildman–Crippen LogP) is 1.74. The number of rotatable bonds is 7. The van der Waals surface area contributed by atoms with Crippen LogP contribution in [-0.2, 0) is 13.0 Å². The van der Waals surface area contributed by atoms with Crippen molar-refractivity contribution in [3.63, 3.8) is 0 Å². The Balaban J connectivity index is 1.53. The summed E-state index contributed by atoms with van der Waals surface area (Å²) in [4.78, 5) is 5.38. The molecule has 24 heavy (non-hydrogen) atoms. The van der Waals surface area contributed by atoms with Crippen LogP contribution in [0, 0.1) is 0 Å². The Morgan fingerprint density at radius 3 is 2.75 bits per heavy atom. The van der Waals surface area contributed by atoms with Crippen LogP contribution in [-0.4, -0.2) is 43.0 Å². The average Bonchev–Trinajstić information content (AvgIpc) is 3.09. The van der Waals surface area contributed by atoms with Gasteiger partial charge in [-0.15, -0.1) is 10.2 Å². The van der Waals surface area contributed by atoms with E-state index in [1.165, 1.54) is 10.4 Å². The number of hydrogen-bond donors (Lipinski definition) is 1. The van der Waals surface area contributed by atoms with E-state index in [0.717, 1.165) is 17.7 Å². The summed E-state index contributed by atoms with van der Waals surface area (Å²) in [6.45, 7) is 2.47. The first kappa shape index (κ1) is 16.1. The van der Waals surface area contributed by atoms with E-state index in [4.69, 9.17) is 4.74 Å². The van der Waals surface area contributed by atoms with Gasteiger partial charge in [0, 0.05) is 18.0 Å². The highest BCUT2D eigenvalue weighted by Crippen LogP contribution is 2.13. The average molecular weight is 325 g/mol. The fourth-order valence-electron chi connectivity index (χ4n) is 2.19. The molecule has 0 radical (unpaired) electrons. The number of benzene rings is 1. The van der Waals surface area contributed by atoms with Gasteiger partial charge in [-0.1, -0.05) is 19.1 Å². The molecule has 0 spiro atoms. The van der Waals surface area contributed by atoms with Crippen molar-refractivity contribution in [2.24, 2.45) is 0 Å². The number of nitrogens with zero attached hydrogens (tertiary/aromatic N) is 5. The lowest BCUT2D eigenvalue weighted by Gasteiger charge is -2.11. The molecule has 3 rings (SSSR count). The maximum absolute atomic E-state index is 10.1. The van der Waals surface area contributed by atoms with E-state index in [0.29, 0.717) is 5.82 Å². The monoisotopic (exact) mass is 325 g/mol. The lowest BCUT2D eigenvalue weighted by atomic mass is 10.2. The molecule has 1 atom stereocenters. The number of aromatic nitrogens is 5. The minimum Gasteiger partial charge on any atom is -0.491 e. The molecule has 7 nitrogen and oxygen atoms in total. The van der Waals surface area contributed by atoms with E-state index in [2.05, 4.69) is 27.3 Å². The van der Waals surface area contributed by atoms with Gasteiger partial charge in [0.25, 0.3) is 0 Å². The Hall–Kier alpha value is -2.80. The molecular formula is C17H19N5O2. The zero-order valence-electron chi connectivity index (χ0n) is 13.4. The Kier molecular flexibility index (Phi) is 5.12. The zero-order chi connectivity index (χ0) is 16.8. The van der Waals surface area contributed by atoms with Gasteiger partial charge in [0.15, 0.2) is 0 Å². The second-order valence-corrected chi connectivity index (χ2v) is 5.37. The van der Waals surface area contributed by atoms with Gasteiger partial charge in [0.2, 0.25) is 5.82 Å². The van der Waals surface area contributed by atoms with E-state index in [1.807, 2.05) is 36.4 Å². The Morgan fingerprint density at radius 1 is 1.21 bits per heavy atom. The SMILES string of the molecule is CCc1ccc(OC[C@H](O)Cn2nnc(-c3cccnc3)n2)cc1. The van der Waals surface area contributed by atoms with Crippen LogP contribution in [0.3, 0.4) is 0 Å². The highest BCUT2D eigenvalue weighted by molar-refractivity contribution is 5.51.